The highest BCUT2D eigenvalue weighted by Gasteiger charge is 2.22. The molecule has 6 nitrogen and oxygen atoms in total. The topological polar surface area (TPSA) is 90.8 Å². The van der Waals surface area contributed by atoms with Crippen LogP contribution in [0.3, 0.4) is 0 Å². The highest BCUT2D eigenvalue weighted by atomic mass is 16.5. The number of carbonyl (C=O) groups is 1. The van der Waals surface area contributed by atoms with Crippen LogP contribution in [-0.2, 0) is 6.42 Å². The van der Waals surface area contributed by atoms with Gasteiger partial charge in [0.2, 0.25) is 0 Å². The van der Waals surface area contributed by atoms with Crippen molar-refractivity contribution in [2.45, 2.75) is 71.6 Å². The molecule has 0 saturated carbocycles. The van der Waals surface area contributed by atoms with Gasteiger partial charge in [-0.05, 0) is 63.6 Å². The molecule has 0 bridgehead atoms. The minimum absolute atomic E-state index is 0.0906. The van der Waals surface area contributed by atoms with Crippen LogP contribution in [0.1, 0.15) is 76.3 Å². The molecule has 1 atom stereocenters. The van der Waals surface area contributed by atoms with Gasteiger partial charge >= 0.3 is 6.03 Å². The first-order valence-electron chi connectivity index (χ1n) is 10.4. The van der Waals surface area contributed by atoms with Crippen molar-refractivity contribution in [1.29, 1.82) is 0 Å². The number of aryl methyl sites for hydroxylation is 1. The second-order valence-corrected chi connectivity index (χ2v) is 7.31. The van der Waals surface area contributed by atoms with Crippen molar-refractivity contribution in [1.82, 2.24) is 10.8 Å². The smallest absolute Gasteiger partial charge is 0.341 e. The number of amides is 2. The SMILES string of the molecule is C=CC.CCCCCc1cc(O)c(C2C=C(C)CCC2)c(OCNC(=O)NO)c1. The van der Waals surface area contributed by atoms with Gasteiger partial charge in [0, 0.05) is 11.5 Å². The molecule has 1 aromatic carbocycles. The summed E-state index contributed by atoms with van der Waals surface area (Å²) in [5, 5.41) is 21.6. The summed E-state index contributed by atoms with van der Waals surface area (Å²) in [7, 11) is 0. The fraction of sp³-hybridized carbons (Fsp3) is 0.522. The monoisotopic (exact) mass is 404 g/mol. The Hall–Kier alpha value is -2.47. The van der Waals surface area contributed by atoms with E-state index in [0.717, 1.165) is 56.1 Å². The van der Waals surface area contributed by atoms with Crippen LogP contribution in [-0.4, -0.2) is 23.1 Å². The number of hydrogen-bond donors (Lipinski definition) is 4. The first-order chi connectivity index (χ1) is 14.0. The standard InChI is InChI=1S/C20H30N2O4.C3H6/c1-3-4-5-8-15-11-17(23)19(16-9-6-7-14(2)10-16)18(12-15)26-13-21-20(24)22-25;1-3-2/h10-12,16,23,25H,3-9,13H2,1-2H3,(H2,21,22,24);3H,1H2,2H3. The van der Waals surface area contributed by atoms with Gasteiger partial charge in [0.25, 0.3) is 0 Å². The third-order valence-electron chi connectivity index (χ3n) is 4.75. The lowest BCUT2D eigenvalue weighted by Crippen LogP contribution is -2.35. The summed E-state index contributed by atoms with van der Waals surface area (Å²) >= 11 is 0. The summed E-state index contributed by atoms with van der Waals surface area (Å²) < 4.78 is 5.75. The molecule has 0 aliphatic heterocycles. The van der Waals surface area contributed by atoms with Crippen LogP contribution in [0.5, 0.6) is 11.5 Å². The molecule has 0 fully saturated rings. The molecular weight excluding hydrogens is 368 g/mol. The molecule has 0 heterocycles. The first-order valence-corrected chi connectivity index (χ1v) is 10.4. The zero-order valence-corrected chi connectivity index (χ0v) is 18.0. The predicted octanol–water partition coefficient (Wildman–Crippen LogP) is 5.56. The van der Waals surface area contributed by atoms with Crippen molar-refractivity contribution in [3.63, 3.8) is 0 Å². The van der Waals surface area contributed by atoms with Crippen molar-refractivity contribution in [2.75, 3.05) is 6.73 Å². The summed E-state index contributed by atoms with van der Waals surface area (Å²) in [5.41, 5.74) is 4.62. The molecule has 1 aromatic rings. The van der Waals surface area contributed by atoms with E-state index in [1.807, 2.05) is 19.1 Å². The Labute approximate surface area is 174 Å². The number of ether oxygens (including phenoxy) is 1. The number of hydrogen-bond acceptors (Lipinski definition) is 4. The van der Waals surface area contributed by atoms with Crippen LogP contribution >= 0.6 is 0 Å². The highest BCUT2D eigenvalue weighted by Crippen LogP contribution is 2.42. The average molecular weight is 405 g/mol. The van der Waals surface area contributed by atoms with Crippen molar-refractivity contribution < 1.29 is 19.8 Å². The highest BCUT2D eigenvalue weighted by molar-refractivity contribution is 5.72. The summed E-state index contributed by atoms with van der Waals surface area (Å²) in [6, 6.07) is 3.06. The summed E-state index contributed by atoms with van der Waals surface area (Å²) in [5.74, 6) is 0.942. The van der Waals surface area contributed by atoms with Crippen LogP contribution < -0.4 is 15.5 Å². The molecule has 4 N–H and O–H groups in total. The number of phenolic OH excluding ortho intramolecular Hbond substituents is 1. The van der Waals surface area contributed by atoms with E-state index < -0.39 is 6.03 Å². The van der Waals surface area contributed by atoms with E-state index in [2.05, 4.69) is 31.8 Å². The molecule has 2 amide bonds. The molecule has 1 aliphatic rings. The number of nitrogens with one attached hydrogen (secondary N) is 2. The number of urea groups is 1. The number of rotatable bonds is 8. The summed E-state index contributed by atoms with van der Waals surface area (Å²) in [6.07, 6.45) is 11.3. The Kier molecular flexibility index (Phi) is 11.6. The van der Waals surface area contributed by atoms with Gasteiger partial charge in [-0.2, -0.15) is 0 Å². The zero-order valence-electron chi connectivity index (χ0n) is 18.0. The Morgan fingerprint density at radius 1 is 1.38 bits per heavy atom. The maximum absolute atomic E-state index is 11.1. The molecular formula is C23H36N2O4. The Morgan fingerprint density at radius 3 is 2.72 bits per heavy atom. The van der Waals surface area contributed by atoms with E-state index in [9.17, 15) is 9.90 Å². The molecule has 0 spiro atoms. The van der Waals surface area contributed by atoms with Gasteiger partial charge < -0.3 is 15.2 Å². The molecule has 0 saturated heterocycles. The average Bonchev–Trinajstić information content (AvgIpc) is 2.68. The van der Waals surface area contributed by atoms with Crippen molar-refractivity contribution in [3.8, 4) is 11.5 Å². The van der Waals surface area contributed by atoms with E-state index >= 15 is 0 Å². The maximum atomic E-state index is 11.1. The van der Waals surface area contributed by atoms with Crippen molar-refractivity contribution in [2.24, 2.45) is 0 Å². The molecule has 0 aromatic heterocycles. The van der Waals surface area contributed by atoms with E-state index in [0.29, 0.717) is 5.75 Å². The summed E-state index contributed by atoms with van der Waals surface area (Å²) in [4.78, 5) is 11.1. The maximum Gasteiger partial charge on any atom is 0.341 e. The van der Waals surface area contributed by atoms with Gasteiger partial charge in [-0.15, -0.1) is 6.58 Å². The zero-order chi connectivity index (χ0) is 21.6. The Bertz CT molecular complexity index is 686. The number of hydroxylamine groups is 1. The van der Waals surface area contributed by atoms with Gasteiger partial charge in [-0.25, -0.2) is 10.3 Å². The number of aromatic hydroxyl groups is 1. The summed E-state index contributed by atoms with van der Waals surface area (Å²) in [6.45, 7) is 9.42. The number of allylic oxidation sites excluding steroid dienone is 3. The second-order valence-electron chi connectivity index (χ2n) is 7.31. The molecule has 29 heavy (non-hydrogen) atoms. The number of unbranched alkanes of at least 4 members (excludes halogenated alkanes) is 2. The quantitative estimate of drug-likeness (QED) is 0.150. The molecule has 162 valence electrons. The number of benzene rings is 1. The van der Waals surface area contributed by atoms with Gasteiger partial charge in [0.05, 0.1) is 0 Å². The number of carbonyl (C=O) groups excluding carboxylic acids is 1. The van der Waals surface area contributed by atoms with Crippen LogP contribution in [0.25, 0.3) is 0 Å². The van der Waals surface area contributed by atoms with E-state index in [4.69, 9.17) is 9.94 Å². The lowest BCUT2D eigenvalue weighted by atomic mass is 9.84. The lowest BCUT2D eigenvalue weighted by molar-refractivity contribution is 0.153. The van der Waals surface area contributed by atoms with Gasteiger partial charge in [0.1, 0.15) is 11.5 Å². The van der Waals surface area contributed by atoms with Crippen molar-refractivity contribution in [3.05, 3.63) is 47.6 Å². The fourth-order valence-corrected chi connectivity index (χ4v) is 3.44. The van der Waals surface area contributed by atoms with Crippen molar-refractivity contribution >= 4 is 6.03 Å². The third kappa shape index (κ3) is 8.60. The fourth-order valence-electron chi connectivity index (χ4n) is 3.44. The first kappa shape index (κ1) is 24.6. The molecule has 0 radical (unpaired) electrons. The van der Waals surface area contributed by atoms with Gasteiger partial charge in [0.15, 0.2) is 6.73 Å². The van der Waals surface area contributed by atoms with Crippen LogP contribution in [0.15, 0.2) is 36.4 Å². The molecule has 1 unspecified atom stereocenters. The Morgan fingerprint density at radius 2 is 2.10 bits per heavy atom. The van der Waals surface area contributed by atoms with Crippen LogP contribution in [0, 0.1) is 0 Å². The second kappa shape index (κ2) is 13.7. The third-order valence-corrected chi connectivity index (χ3v) is 4.75. The minimum Gasteiger partial charge on any atom is -0.507 e. The normalized spacial score (nSPS) is 15.4. The molecule has 1 aliphatic carbocycles. The van der Waals surface area contributed by atoms with Crippen LogP contribution in [0.2, 0.25) is 0 Å². The largest absolute Gasteiger partial charge is 0.507 e. The van der Waals surface area contributed by atoms with E-state index in [-0.39, 0.29) is 18.4 Å². The molecule has 6 heteroatoms. The van der Waals surface area contributed by atoms with Gasteiger partial charge in [-0.1, -0.05) is 37.5 Å². The minimum atomic E-state index is -0.733. The van der Waals surface area contributed by atoms with E-state index in [1.54, 1.807) is 6.08 Å². The lowest BCUT2D eigenvalue weighted by Gasteiger charge is -2.24. The molecule has 2 rings (SSSR count). The predicted molar refractivity (Wildman–Crippen MR) is 117 cm³/mol. The Balaban J connectivity index is 0.00000132. The number of phenols is 1. The van der Waals surface area contributed by atoms with Gasteiger partial charge in [-0.3, -0.25) is 5.21 Å². The van der Waals surface area contributed by atoms with Crippen LogP contribution in [0.4, 0.5) is 4.79 Å². The van der Waals surface area contributed by atoms with E-state index in [1.165, 1.54) is 11.1 Å².